The molecule has 0 aromatic heterocycles. The topological polar surface area (TPSA) is 15.3 Å². The van der Waals surface area contributed by atoms with Crippen LogP contribution in [0.5, 0.6) is 0 Å². The fourth-order valence-corrected chi connectivity index (χ4v) is 3.09. The van der Waals surface area contributed by atoms with Crippen LogP contribution in [0.2, 0.25) is 0 Å². The molecule has 2 heteroatoms. The van der Waals surface area contributed by atoms with Crippen LogP contribution in [-0.4, -0.2) is 36.6 Å². The summed E-state index contributed by atoms with van der Waals surface area (Å²) in [5, 5.41) is 3.70. The minimum absolute atomic E-state index is 0.223. The minimum atomic E-state index is 0.223. The zero-order valence-corrected chi connectivity index (χ0v) is 15.1. The standard InChI is InChI=1S/C18H38N2/c1-8-18(7,13-19-17(4,5)6)14-20-11-9-16(10-12-20)15(2)3/h15-16,19H,8-14H2,1-7H3. The molecule has 0 aromatic carbocycles. The molecule has 0 saturated carbocycles. The molecule has 1 rings (SSSR count). The van der Waals surface area contributed by atoms with E-state index < -0.39 is 0 Å². The Hall–Kier alpha value is -0.0800. The average molecular weight is 283 g/mol. The molecule has 0 bridgehead atoms. The molecule has 0 spiro atoms. The maximum Gasteiger partial charge on any atom is 0.00967 e. The van der Waals surface area contributed by atoms with Crippen molar-refractivity contribution in [1.29, 1.82) is 0 Å². The second kappa shape index (κ2) is 7.26. The van der Waals surface area contributed by atoms with Crippen LogP contribution in [0, 0.1) is 17.3 Å². The lowest BCUT2D eigenvalue weighted by Gasteiger charge is -2.41. The highest BCUT2D eigenvalue weighted by atomic mass is 15.1. The van der Waals surface area contributed by atoms with Crippen molar-refractivity contribution in [3.05, 3.63) is 0 Å². The lowest BCUT2D eigenvalue weighted by Crippen LogP contribution is -2.49. The second-order valence-corrected chi connectivity index (χ2v) is 8.63. The summed E-state index contributed by atoms with van der Waals surface area (Å²) in [6, 6.07) is 0. The van der Waals surface area contributed by atoms with Gasteiger partial charge in [0, 0.05) is 18.6 Å². The van der Waals surface area contributed by atoms with Gasteiger partial charge in [-0.1, -0.05) is 27.7 Å². The lowest BCUT2D eigenvalue weighted by molar-refractivity contribution is 0.0982. The van der Waals surface area contributed by atoms with Gasteiger partial charge >= 0.3 is 0 Å². The molecule has 0 aromatic rings. The molecule has 1 fully saturated rings. The highest BCUT2D eigenvalue weighted by Gasteiger charge is 2.29. The largest absolute Gasteiger partial charge is 0.311 e. The maximum absolute atomic E-state index is 3.70. The zero-order chi connectivity index (χ0) is 15.4. The number of hydrogen-bond acceptors (Lipinski definition) is 2. The van der Waals surface area contributed by atoms with Crippen LogP contribution in [-0.2, 0) is 0 Å². The Morgan fingerprint density at radius 3 is 2.05 bits per heavy atom. The molecule has 20 heavy (non-hydrogen) atoms. The molecular formula is C18H38N2. The lowest BCUT2D eigenvalue weighted by atomic mass is 9.83. The van der Waals surface area contributed by atoms with Crippen molar-refractivity contribution in [2.45, 2.75) is 73.3 Å². The fourth-order valence-electron chi connectivity index (χ4n) is 3.09. The smallest absolute Gasteiger partial charge is 0.00967 e. The van der Waals surface area contributed by atoms with Gasteiger partial charge < -0.3 is 10.2 Å². The van der Waals surface area contributed by atoms with Gasteiger partial charge in [0.15, 0.2) is 0 Å². The van der Waals surface area contributed by atoms with E-state index in [1.165, 1.54) is 38.9 Å². The molecule has 120 valence electrons. The van der Waals surface area contributed by atoms with E-state index in [0.29, 0.717) is 5.41 Å². The van der Waals surface area contributed by atoms with Crippen molar-refractivity contribution in [2.75, 3.05) is 26.2 Å². The van der Waals surface area contributed by atoms with Crippen molar-refractivity contribution in [1.82, 2.24) is 10.2 Å². The Kier molecular flexibility index (Phi) is 6.53. The molecule has 2 nitrogen and oxygen atoms in total. The van der Waals surface area contributed by atoms with Gasteiger partial charge in [-0.25, -0.2) is 0 Å². The summed E-state index contributed by atoms with van der Waals surface area (Å²) in [6.45, 7) is 21.3. The number of nitrogens with one attached hydrogen (secondary N) is 1. The van der Waals surface area contributed by atoms with E-state index in [0.717, 1.165) is 18.4 Å². The molecule has 1 aliphatic rings. The van der Waals surface area contributed by atoms with Gasteiger partial charge in [-0.15, -0.1) is 0 Å². The molecule has 1 heterocycles. The Morgan fingerprint density at radius 1 is 1.10 bits per heavy atom. The minimum Gasteiger partial charge on any atom is -0.311 e. The third-order valence-corrected chi connectivity index (χ3v) is 5.08. The van der Waals surface area contributed by atoms with Gasteiger partial charge in [0.1, 0.15) is 0 Å². The summed E-state index contributed by atoms with van der Waals surface area (Å²) in [7, 11) is 0. The highest BCUT2D eigenvalue weighted by Crippen LogP contribution is 2.28. The summed E-state index contributed by atoms with van der Waals surface area (Å²) in [6.07, 6.45) is 4.04. The predicted molar refractivity (Wildman–Crippen MR) is 90.2 cm³/mol. The van der Waals surface area contributed by atoms with Crippen LogP contribution in [0.3, 0.4) is 0 Å². The third-order valence-electron chi connectivity index (χ3n) is 5.08. The van der Waals surface area contributed by atoms with Crippen molar-refractivity contribution < 1.29 is 0 Å². The van der Waals surface area contributed by atoms with E-state index in [4.69, 9.17) is 0 Å². The molecule has 1 saturated heterocycles. The summed E-state index contributed by atoms with van der Waals surface area (Å²) >= 11 is 0. The van der Waals surface area contributed by atoms with E-state index in [9.17, 15) is 0 Å². The average Bonchev–Trinajstić information content (AvgIpc) is 2.36. The zero-order valence-electron chi connectivity index (χ0n) is 15.1. The summed E-state index contributed by atoms with van der Waals surface area (Å²) in [4.78, 5) is 2.70. The number of hydrogen-bond donors (Lipinski definition) is 1. The van der Waals surface area contributed by atoms with Gasteiger partial charge in [0.2, 0.25) is 0 Å². The Balaban J connectivity index is 2.44. The van der Waals surface area contributed by atoms with Crippen LogP contribution in [0.15, 0.2) is 0 Å². The van der Waals surface area contributed by atoms with Crippen LogP contribution in [0.4, 0.5) is 0 Å². The number of rotatable bonds is 6. The molecule has 1 N–H and O–H groups in total. The molecule has 1 unspecified atom stereocenters. The second-order valence-electron chi connectivity index (χ2n) is 8.63. The third kappa shape index (κ3) is 6.13. The first-order valence-electron chi connectivity index (χ1n) is 8.62. The van der Waals surface area contributed by atoms with Crippen LogP contribution >= 0.6 is 0 Å². The van der Waals surface area contributed by atoms with Gasteiger partial charge in [0.05, 0.1) is 0 Å². The van der Waals surface area contributed by atoms with E-state index in [1.807, 2.05) is 0 Å². The van der Waals surface area contributed by atoms with E-state index in [2.05, 4.69) is 58.7 Å². The summed E-state index contributed by atoms with van der Waals surface area (Å²) in [5.74, 6) is 1.81. The molecule has 1 aliphatic heterocycles. The van der Waals surface area contributed by atoms with Crippen molar-refractivity contribution in [3.8, 4) is 0 Å². The van der Waals surface area contributed by atoms with E-state index in [1.54, 1.807) is 0 Å². The number of nitrogens with zero attached hydrogens (tertiary/aromatic N) is 1. The quantitative estimate of drug-likeness (QED) is 0.787. The molecule has 0 aliphatic carbocycles. The number of piperidine rings is 1. The first kappa shape index (κ1) is 18.0. The van der Waals surface area contributed by atoms with E-state index in [-0.39, 0.29) is 5.54 Å². The highest BCUT2D eigenvalue weighted by molar-refractivity contribution is 4.85. The normalized spacial score (nSPS) is 22.2. The summed E-state index contributed by atoms with van der Waals surface area (Å²) in [5.41, 5.74) is 0.624. The van der Waals surface area contributed by atoms with Crippen LogP contribution in [0.25, 0.3) is 0 Å². The van der Waals surface area contributed by atoms with Gasteiger partial charge in [-0.05, 0) is 70.4 Å². The fraction of sp³-hybridized carbons (Fsp3) is 1.00. The van der Waals surface area contributed by atoms with Crippen molar-refractivity contribution in [2.24, 2.45) is 17.3 Å². The molecule has 0 amide bonds. The van der Waals surface area contributed by atoms with Gasteiger partial charge in [-0.2, -0.15) is 0 Å². The van der Waals surface area contributed by atoms with Gasteiger partial charge in [-0.3, -0.25) is 0 Å². The summed E-state index contributed by atoms with van der Waals surface area (Å²) < 4.78 is 0. The predicted octanol–water partition coefficient (Wildman–Crippen LogP) is 4.16. The SMILES string of the molecule is CCC(C)(CNC(C)(C)C)CN1CCC(C(C)C)CC1. The van der Waals surface area contributed by atoms with Gasteiger partial charge in [0.25, 0.3) is 0 Å². The molecule has 0 radical (unpaired) electrons. The number of likely N-dealkylation sites (tertiary alicyclic amines) is 1. The monoisotopic (exact) mass is 282 g/mol. The van der Waals surface area contributed by atoms with Crippen molar-refractivity contribution >= 4 is 0 Å². The van der Waals surface area contributed by atoms with Crippen LogP contribution < -0.4 is 5.32 Å². The Labute approximate surface area is 127 Å². The van der Waals surface area contributed by atoms with Crippen LogP contribution in [0.1, 0.15) is 67.7 Å². The molecule has 1 atom stereocenters. The molecular weight excluding hydrogens is 244 g/mol. The Bertz CT molecular complexity index is 272. The first-order chi connectivity index (χ1) is 9.15. The first-order valence-corrected chi connectivity index (χ1v) is 8.62. The van der Waals surface area contributed by atoms with E-state index >= 15 is 0 Å². The Morgan fingerprint density at radius 2 is 1.65 bits per heavy atom. The maximum atomic E-state index is 3.70. The van der Waals surface area contributed by atoms with Crippen molar-refractivity contribution in [3.63, 3.8) is 0 Å².